The normalized spacial score (nSPS) is 23.3. The van der Waals surface area contributed by atoms with E-state index in [1.165, 1.54) is 7.11 Å². The molecule has 0 spiro atoms. The van der Waals surface area contributed by atoms with Gasteiger partial charge in [-0.2, -0.15) is 13.2 Å². The SMILES string of the molecule is COc1cccc(NC(=O)C2C(/C=C(/Cl)C(F)(F)F)C2(C)C)c1. The minimum atomic E-state index is -4.59. The number of hydrogen-bond acceptors (Lipinski definition) is 2. The van der Waals surface area contributed by atoms with Crippen LogP contribution in [0, 0.1) is 17.3 Å². The van der Waals surface area contributed by atoms with Gasteiger partial charge in [0.15, 0.2) is 0 Å². The van der Waals surface area contributed by atoms with Crippen molar-refractivity contribution < 1.29 is 22.7 Å². The molecule has 126 valence electrons. The molecule has 0 saturated heterocycles. The number of carbonyl (C=O) groups is 1. The highest BCUT2D eigenvalue weighted by Crippen LogP contribution is 2.60. The van der Waals surface area contributed by atoms with Gasteiger partial charge in [-0.3, -0.25) is 4.79 Å². The highest BCUT2D eigenvalue weighted by atomic mass is 35.5. The van der Waals surface area contributed by atoms with Crippen molar-refractivity contribution >= 4 is 23.2 Å². The molecule has 1 aromatic rings. The molecule has 0 aromatic heterocycles. The molecular weight excluding hydrogens is 331 g/mol. The molecule has 0 aliphatic heterocycles. The average Bonchev–Trinajstić information content (AvgIpc) is 2.99. The van der Waals surface area contributed by atoms with E-state index in [1.54, 1.807) is 38.1 Å². The Kier molecular flexibility index (Phi) is 4.66. The lowest BCUT2D eigenvalue weighted by molar-refractivity contribution is -0.118. The third-order valence-electron chi connectivity index (χ3n) is 4.13. The number of ether oxygens (including phenoxy) is 1. The number of halogens is 4. The molecule has 0 heterocycles. The van der Waals surface area contributed by atoms with Crippen LogP contribution in [-0.4, -0.2) is 19.2 Å². The predicted octanol–water partition coefficient (Wildman–Crippen LogP) is 4.59. The maximum Gasteiger partial charge on any atom is 0.426 e. The number of rotatable bonds is 4. The maximum absolute atomic E-state index is 12.5. The lowest BCUT2D eigenvalue weighted by Crippen LogP contribution is -2.17. The Morgan fingerprint density at radius 2 is 2.04 bits per heavy atom. The number of methoxy groups -OCH3 is 1. The zero-order chi connectivity index (χ0) is 17.4. The summed E-state index contributed by atoms with van der Waals surface area (Å²) in [5.41, 5.74) is -0.0457. The highest BCUT2D eigenvalue weighted by molar-refractivity contribution is 6.30. The first kappa shape index (κ1) is 17.7. The smallest absolute Gasteiger partial charge is 0.426 e. The molecule has 1 fully saturated rings. The molecule has 1 amide bonds. The molecule has 23 heavy (non-hydrogen) atoms. The third kappa shape index (κ3) is 3.80. The Morgan fingerprint density at radius 3 is 2.61 bits per heavy atom. The third-order valence-corrected chi connectivity index (χ3v) is 4.47. The Hall–Kier alpha value is -1.69. The maximum atomic E-state index is 12.5. The fraction of sp³-hybridized carbons (Fsp3) is 0.438. The molecule has 1 aromatic carbocycles. The number of alkyl halides is 3. The molecule has 1 saturated carbocycles. The molecule has 2 atom stereocenters. The van der Waals surface area contributed by atoms with E-state index in [1.807, 2.05) is 0 Å². The van der Waals surface area contributed by atoms with Crippen molar-refractivity contribution in [1.82, 2.24) is 0 Å². The molecule has 0 bridgehead atoms. The van der Waals surface area contributed by atoms with Crippen LogP contribution >= 0.6 is 11.6 Å². The fourth-order valence-electron chi connectivity index (χ4n) is 2.66. The van der Waals surface area contributed by atoms with E-state index in [0.29, 0.717) is 11.4 Å². The number of allylic oxidation sites excluding steroid dienone is 2. The summed E-state index contributed by atoms with van der Waals surface area (Å²) in [4.78, 5) is 12.3. The average molecular weight is 348 g/mol. The highest BCUT2D eigenvalue weighted by Gasteiger charge is 2.61. The Morgan fingerprint density at radius 1 is 1.39 bits per heavy atom. The van der Waals surface area contributed by atoms with Crippen molar-refractivity contribution in [2.75, 3.05) is 12.4 Å². The van der Waals surface area contributed by atoms with Gasteiger partial charge in [-0.1, -0.05) is 37.6 Å². The number of benzene rings is 1. The summed E-state index contributed by atoms with van der Waals surface area (Å²) in [5.74, 6) is -0.877. The van der Waals surface area contributed by atoms with Crippen molar-refractivity contribution in [3.63, 3.8) is 0 Å². The van der Waals surface area contributed by atoms with Crippen molar-refractivity contribution in [3.8, 4) is 5.75 Å². The van der Waals surface area contributed by atoms with Gasteiger partial charge in [-0.25, -0.2) is 0 Å². The van der Waals surface area contributed by atoms with Gasteiger partial charge in [0, 0.05) is 11.8 Å². The van der Waals surface area contributed by atoms with Gasteiger partial charge in [0.05, 0.1) is 13.0 Å². The summed E-state index contributed by atoms with van der Waals surface area (Å²) in [6, 6.07) is 6.76. The van der Waals surface area contributed by atoms with Crippen LogP contribution in [0.2, 0.25) is 0 Å². The van der Waals surface area contributed by atoms with Crippen LogP contribution < -0.4 is 10.1 Å². The molecule has 1 aliphatic rings. The quantitative estimate of drug-likeness (QED) is 0.865. The van der Waals surface area contributed by atoms with Gasteiger partial charge in [0.1, 0.15) is 10.8 Å². The van der Waals surface area contributed by atoms with E-state index in [2.05, 4.69) is 5.32 Å². The van der Waals surface area contributed by atoms with Crippen LogP contribution in [0.4, 0.5) is 18.9 Å². The number of amides is 1. The predicted molar refractivity (Wildman–Crippen MR) is 82.4 cm³/mol. The summed E-state index contributed by atoms with van der Waals surface area (Å²) in [6.07, 6.45) is -3.66. The minimum absolute atomic E-state index is 0.337. The van der Waals surface area contributed by atoms with Crippen molar-refractivity contribution in [1.29, 1.82) is 0 Å². The van der Waals surface area contributed by atoms with Crippen molar-refractivity contribution in [2.45, 2.75) is 20.0 Å². The minimum Gasteiger partial charge on any atom is -0.497 e. The molecule has 1 aliphatic carbocycles. The van der Waals surface area contributed by atoms with Gasteiger partial charge in [0.2, 0.25) is 5.91 Å². The van der Waals surface area contributed by atoms with E-state index in [0.717, 1.165) is 6.08 Å². The van der Waals surface area contributed by atoms with Gasteiger partial charge >= 0.3 is 6.18 Å². The van der Waals surface area contributed by atoms with Gasteiger partial charge < -0.3 is 10.1 Å². The Labute approximate surface area is 137 Å². The van der Waals surface area contributed by atoms with Crippen LogP contribution in [0.5, 0.6) is 5.75 Å². The summed E-state index contributed by atoms with van der Waals surface area (Å²) in [5, 5.41) is 1.52. The second-order valence-electron chi connectivity index (χ2n) is 6.06. The van der Waals surface area contributed by atoms with Crippen molar-refractivity contribution in [3.05, 3.63) is 35.4 Å². The second-order valence-corrected chi connectivity index (χ2v) is 6.47. The molecule has 3 nitrogen and oxygen atoms in total. The van der Waals surface area contributed by atoms with E-state index >= 15 is 0 Å². The van der Waals surface area contributed by atoms with Gasteiger partial charge in [-0.05, 0) is 23.5 Å². The lowest BCUT2D eigenvalue weighted by Gasteiger charge is -2.07. The van der Waals surface area contributed by atoms with Gasteiger partial charge in [-0.15, -0.1) is 0 Å². The van der Waals surface area contributed by atoms with Crippen LogP contribution in [0.15, 0.2) is 35.4 Å². The first-order valence-electron chi connectivity index (χ1n) is 6.97. The van der Waals surface area contributed by atoms with Crippen LogP contribution in [0.25, 0.3) is 0 Å². The summed E-state index contributed by atoms with van der Waals surface area (Å²) in [7, 11) is 1.50. The van der Waals surface area contributed by atoms with Crippen molar-refractivity contribution in [2.24, 2.45) is 17.3 Å². The standard InChI is InChI=1S/C16H17ClF3NO2/c1-15(2)11(8-12(17)16(18,19)20)13(15)14(22)21-9-5-4-6-10(7-9)23-3/h4-8,11,13H,1-3H3,(H,21,22)/b12-8+. The summed E-state index contributed by atoms with van der Waals surface area (Å²) < 4.78 is 42.7. The largest absolute Gasteiger partial charge is 0.497 e. The number of carbonyl (C=O) groups excluding carboxylic acids is 1. The Bertz CT molecular complexity index is 640. The number of nitrogens with one attached hydrogen (secondary N) is 1. The first-order valence-corrected chi connectivity index (χ1v) is 7.34. The van der Waals surface area contributed by atoms with E-state index < -0.39 is 28.5 Å². The van der Waals surface area contributed by atoms with Crippen LogP contribution in [0.1, 0.15) is 13.8 Å². The molecule has 7 heteroatoms. The topological polar surface area (TPSA) is 38.3 Å². The molecule has 0 radical (unpaired) electrons. The monoisotopic (exact) mass is 347 g/mol. The number of anilines is 1. The first-order chi connectivity index (χ1) is 10.6. The summed E-state index contributed by atoms with van der Waals surface area (Å²) in [6.45, 7) is 3.48. The zero-order valence-electron chi connectivity index (χ0n) is 12.9. The van der Waals surface area contributed by atoms with Crippen LogP contribution in [-0.2, 0) is 4.79 Å². The van der Waals surface area contributed by atoms with E-state index in [4.69, 9.17) is 16.3 Å². The summed E-state index contributed by atoms with van der Waals surface area (Å²) >= 11 is 5.28. The number of hydrogen-bond donors (Lipinski definition) is 1. The van der Waals surface area contributed by atoms with Crippen LogP contribution in [0.3, 0.4) is 0 Å². The van der Waals surface area contributed by atoms with E-state index in [9.17, 15) is 18.0 Å². The Balaban J connectivity index is 2.11. The lowest BCUT2D eigenvalue weighted by atomic mass is 10.1. The molecular formula is C16H17ClF3NO2. The fourth-order valence-corrected chi connectivity index (χ4v) is 2.80. The molecule has 2 rings (SSSR count). The zero-order valence-corrected chi connectivity index (χ0v) is 13.6. The second kappa shape index (κ2) is 6.07. The molecule has 1 N–H and O–H groups in total. The van der Waals surface area contributed by atoms with E-state index in [-0.39, 0.29) is 5.91 Å². The van der Waals surface area contributed by atoms with Gasteiger partial charge in [0.25, 0.3) is 0 Å². The molecule has 2 unspecified atom stereocenters.